The zero-order chi connectivity index (χ0) is 22.1. The Morgan fingerprint density at radius 2 is 1.90 bits per heavy atom. The normalized spacial score (nSPS) is 17.8. The van der Waals surface area contributed by atoms with Crippen molar-refractivity contribution < 1.29 is 23.1 Å². The highest BCUT2D eigenvalue weighted by Crippen LogP contribution is 2.42. The van der Waals surface area contributed by atoms with E-state index in [2.05, 4.69) is 31.4 Å². The molecule has 1 aliphatic rings. The minimum atomic E-state index is -4.36. The summed E-state index contributed by atoms with van der Waals surface area (Å²) in [6.45, 7) is 6.29. The van der Waals surface area contributed by atoms with Crippen LogP contribution in [0.3, 0.4) is 0 Å². The Kier molecular flexibility index (Phi) is 6.63. The molecule has 0 saturated heterocycles. The van der Waals surface area contributed by atoms with Crippen LogP contribution in [0.5, 0.6) is 0 Å². The van der Waals surface area contributed by atoms with Gasteiger partial charge in [0.05, 0.1) is 18.0 Å². The Labute approximate surface area is 175 Å². The van der Waals surface area contributed by atoms with E-state index in [0.29, 0.717) is 0 Å². The molecule has 6 heteroatoms. The fourth-order valence-electron chi connectivity index (χ4n) is 4.77. The monoisotopic (exact) mass is 421 g/mol. The number of hydrogen-bond acceptors (Lipinski definition) is 1. The zero-order valence-electron chi connectivity index (χ0n) is 17.8. The highest BCUT2D eigenvalue weighted by Gasteiger charge is 2.33. The molecule has 0 aliphatic heterocycles. The van der Waals surface area contributed by atoms with Crippen molar-refractivity contribution >= 4 is 5.97 Å². The molecule has 1 N–H and O–H groups in total. The number of alkyl halides is 3. The van der Waals surface area contributed by atoms with E-state index in [1.54, 1.807) is 12.1 Å². The Morgan fingerprint density at radius 1 is 1.23 bits per heavy atom. The Hall–Kier alpha value is -2.24. The van der Waals surface area contributed by atoms with Gasteiger partial charge in [-0.1, -0.05) is 39.3 Å². The number of aromatic nitrogens is 1. The standard InChI is InChI=1S/C24H30F3NO2/c1-4-6-20(16-9-11-19(12-10-16)24(25,26)27)28-21(15(2)3)13-17-7-5-8-18(23(17)28)14-22(29)30/h9-13,15,18,20H,4-8,14H2,1-3H3,(H,29,30)/t18?,20-/m1/s1. The number of hydrogen-bond donors (Lipinski definition) is 1. The topological polar surface area (TPSA) is 42.2 Å². The van der Waals surface area contributed by atoms with Gasteiger partial charge in [-0.05, 0) is 60.9 Å². The van der Waals surface area contributed by atoms with Crippen LogP contribution >= 0.6 is 0 Å². The Bertz CT molecular complexity index is 881. The van der Waals surface area contributed by atoms with Crippen LogP contribution in [-0.2, 0) is 17.4 Å². The number of nitrogens with zero attached hydrogens (tertiary/aromatic N) is 1. The number of fused-ring (bicyclic) bond motifs is 1. The second-order valence-electron chi connectivity index (χ2n) is 8.62. The summed E-state index contributed by atoms with van der Waals surface area (Å²) in [5.41, 5.74) is 3.60. The lowest BCUT2D eigenvalue weighted by molar-refractivity contribution is -0.138. The van der Waals surface area contributed by atoms with Crippen LogP contribution in [0.2, 0.25) is 0 Å². The van der Waals surface area contributed by atoms with Crippen molar-refractivity contribution in [3.05, 3.63) is 58.4 Å². The van der Waals surface area contributed by atoms with E-state index < -0.39 is 17.7 Å². The van der Waals surface area contributed by atoms with Crippen LogP contribution < -0.4 is 0 Å². The molecule has 2 aromatic rings. The van der Waals surface area contributed by atoms with E-state index >= 15 is 0 Å². The Balaban J connectivity index is 2.14. The molecule has 1 aromatic heterocycles. The first-order chi connectivity index (χ1) is 14.1. The molecule has 1 aliphatic carbocycles. The van der Waals surface area contributed by atoms with Crippen molar-refractivity contribution in [2.75, 3.05) is 0 Å². The summed E-state index contributed by atoms with van der Waals surface area (Å²) >= 11 is 0. The fraction of sp³-hybridized carbons (Fsp3) is 0.542. The molecule has 3 rings (SSSR count). The third kappa shape index (κ3) is 4.57. The highest BCUT2D eigenvalue weighted by molar-refractivity contribution is 5.68. The first kappa shape index (κ1) is 22.4. The van der Waals surface area contributed by atoms with Gasteiger partial charge in [0.1, 0.15) is 0 Å². The minimum absolute atomic E-state index is 0.0624. The van der Waals surface area contributed by atoms with Crippen LogP contribution in [0, 0.1) is 0 Å². The van der Waals surface area contributed by atoms with Gasteiger partial charge in [-0.15, -0.1) is 0 Å². The van der Waals surface area contributed by atoms with E-state index in [1.165, 1.54) is 5.56 Å². The predicted octanol–water partition coefficient (Wildman–Crippen LogP) is 6.91. The molecule has 0 bridgehead atoms. The molecule has 0 radical (unpaired) electrons. The van der Waals surface area contributed by atoms with Crippen LogP contribution in [0.1, 0.15) is 98.8 Å². The minimum Gasteiger partial charge on any atom is -0.481 e. The molecule has 2 atom stereocenters. The number of benzene rings is 1. The largest absolute Gasteiger partial charge is 0.481 e. The lowest BCUT2D eigenvalue weighted by atomic mass is 9.85. The van der Waals surface area contributed by atoms with Gasteiger partial charge in [-0.25, -0.2) is 0 Å². The number of halogens is 3. The van der Waals surface area contributed by atoms with Gasteiger partial charge >= 0.3 is 12.1 Å². The lowest BCUT2D eigenvalue weighted by Crippen LogP contribution is -2.22. The fourth-order valence-corrected chi connectivity index (χ4v) is 4.77. The summed E-state index contributed by atoms with van der Waals surface area (Å²) in [5.74, 6) is -0.643. The summed E-state index contributed by atoms with van der Waals surface area (Å²) < 4.78 is 41.4. The van der Waals surface area contributed by atoms with Crippen molar-refractivity contribution in [2.24, 2.45) is 0 Å². The predicted molar refractivity (Wildman–Crippen MR) is 111 cm³/mol. The van der Waals surface area contributed by atoms with Crippen LogP contribution in [0.15, 0.2) is 30.3 Å². The molecule has 1 unspecified atom stereocenters. The maximum Gasteiger partial charge on any atom is 0.416 e. The number of aliphatic carboxylic acids is 1. The number of rotatable bonds is 7. The average molecular weight is 422 g/mol. The number of aryl methyl sites for hydroxylation is 1. The zero-order valence-corrected chi connectivity index (χ0v) is 17.8. The van der Waals surface area contributed by atoms with Crippen molar-refractivity contribution in [1.29, 1.82) is 0 Å². The van der Waals surface area contributed by atoms with E-state index in [9.17, 15) is 23.1 Å². The SMILES string of the molecule is CCC[C@H](c1ccc(C(F)(F)F)cc1)n1c(C(C)C)cc2c1C(CC(=O)O)CCC2. The van der Waals surface area contributed by atoms with Gasteiger partial charge in [0.2, 0.25) is 0 Å². The third-order valence-electron chi connectivity index (χ3n) is 6.08. The summed E-state index contributed by atoms with van der Waals surface area (Å²) in [6, 6.07) is 7.55. The van der Waals surface area contributed by atoms with E-state index in [1.807, 2.05) is 0 Å². The highest BCUT2D eigenvalue weighted by atomic mass is 19.4. The number of carboxylic acids is 1. The molecule has 1 heterocycles. The second kappa shape index (κ2) is 8.86. The summed E-state index contributed by atoms with van der Waals surface area (Å²) in [4.78, 5) is 11.5. The lowest BCUT2D eigenvalue weighted by Gasteiger charge is -2.31. The molecule has 0 spiro atoms. The van der Waals surface area contributed by atoms with Crippen LogP contribution in [0.4, 0.5) is 13.2 Å². The van der Waals surface area contributed by atoms with E-state index in [4.69, 9.17) is 0 Å². The first-order valence-corrected chi connectivity index (χ1v) is 10.8. The molecular formula is C24H30F3NO2. The van der Waals surface area contributed by atoms with E-state index in [0.717, 1.165) is 61.2 Å². The van der Waals surface area contributed by atoms with Gasteiger partial charge in [0.15, 0.2) is 0 Å². The Morgan fingerprint density at radius 3 is 2.43 bits per heavy atom. The molecular weight excluding hydrogens is 391 g/mol. The molecule has 0 fully saturated rings. The molecule has 0 saturated carbocycles. The van der Waals surface area contributed by atoms with Gasteiger partial charge < -0.3 is 9.67 Å². The third-order valence-corrected chi connectivity index (χ3v) is 6.08. The molecule has 30 heavy (non-hydrogen) atoms. The molecule has 3 nitrogen and oxygen atoms in total. The maximum atomic E-state index is 13.0. The molecule has 164 valence electrons. The summed E-state index contributed by atoms with van der Waals surface area (Å²) in [5, 5.41) is 9.45. The summed E-state index contributed by atoms with van der Waals surface area (Å²) in [7, 11) is 0. The molecule has 1 aromatic carbocycles. The maximum absolute atomic E-state index is 13.0. The van der Waals surface area contributed by atoms with Crippen LogP contribution in [-0.4, -0.2) is 15.6 Å². The quantitative estimate of drug-likeness (QED) is 0.527. The van der Waals surface area contributed by atoms with Crippen molar-refractivity contribution in [1.82, 2.24) is 4.57 Å². The van der Waals surface area contributed by atoms with Gasteiger partial charge in [-0.3, -0.25) is 4.79 Å². The van der Waals surface area contributed by atoms with Gasteiger partial charge in [0, 0.05) is 17.3 Å². The van der Waals surface area contributed by atoms with Crippen molar-refractivity contribution in [3.63, 3.8) is 0 Å². The first-order valence-electron chi connectivity index (χ1n) is 10.8. The molecule has 0 amide bonds. The van der Waals surface area contributed by atoms with E-state index in [-0.39, 0.29) is 24.3 Å². The van der Waals surface area contributed by atoms with Crippen molar-refractivity contribution in [3.8, 4) is 0 Å². The van der Waals surface area contributed by atoms with Crippen LogP contribution in [0.25, 0.3) is 0 Å². The number of carbonyl (C=O) groups is 1. The summed E-state index contributed by atoms with van der Waals surface area (Å²) in [6.07, 6.45) is 0.0925. The second-order valence-corrected chi connectivity index (χ2v) is 8.62. The average Bonchev–Trinajstić information content (AvgIpc) is 3.06. The van der Waals surface area contributed by atoms with Crippen molar-refractivity contribution in [2.45, 2.75) is 83.4 Å². The number of carboxylic acid groups (broad SMARTS) is 1. The van der Waals surface area contributed by atoms with Gasteiger partial charge in [0.25, 0.3) is 0 Å². The smallest absolute Gasteiger partial charge is 0.416 e. The van der Waals surface area contributed by atoms with Gasteiger partial charge in [-0.2, -0.15) is 13.2 Å².